The van der Waals surface area contributed by atoms with Crippen LogP contribution in [-0.2, 0) is 22.6 Å². The molecule has 2 aromatic rings. The van der Waals surface area contributed by atoms with Crippen molar-refractivity contribution in [3.8, 4) is 16.9 Å². The molecule has 2 heterocycles. The Balaban J connectivity index is 1.32. The molecule has 5 atom stereocenters. The third-order valence-electron chi connectivity index (χ3n) is 11.5. The van der Waals surface area contributed by atoms with Crippen LogP contribution in [0.5, 0.6) is 5.75 Å². The number of aliphatic hydroxyl groups excluding tert-OH is 2. The zero-order chi connectivity index (χ0) is 31.8. The second kappa shape index (κ2) is 11.0. The summed E-state index contributed by atoms with van der Waals surface area (Å²) in [6.07, 6.45) is 10.1. The highest BCUT2D eigenvalue weighted by Crippen LogP contribution is 2.64. The third-order valence-corrected chi connectivity index (χ3v) is 11.5. The fourth-order valence-electron chi connectivity index (χ4n) is 9.47. The monoisotopic (exact) mass is 612 g/mol. The number of nitrogens with zero attached hydrogens (tertiary/aromatic N) is 3. The van der Waals surface area contributed by atoms with Crippen molar-refractivity contribution >= 4 is 17.4 Å². The number of amides is 1. The number of hydrogen-bond donors (Lipinski definition) is 4. The van der Waals surface area contributed by atoms with Crippen molar-refractivity contribution < 1.29 is 24.9 Å². The molecule has 9 heteroatoms. The molecule has 1 aromatic heterocycles. The van der Waals surface area contributed by atoms with Gasteiger partial charge in [-0.25, -0.2) is 0 Å². The van der Waals surface area contributed by atoms with Crippen molar-refractivity contribution in [3.05, 3.63) is 64.2 Å². The number of benzene rings is 1. The number of rotatable bonds is 6. The predicted molar refractivity (Wildman–Crippen MR) is 171 cm³/mol. The Morgan fingerprint density at radius 3 is 2.51 bits per heavy atom. The Morgan fingerprint density at radius 1 is 1.11 bits per heavy atom. The van der Waals surface area contributed by atoms with Crippen LogP contribution in [0.15, 0.2) is 47.5 Å². The average molecular weight is 613 g/mol. The van der Waals surface area contributed by atoms with Crippen LogP contribution in [0.3, 0.4) is 0 Å². The fourth-order valence-corrected chi connectivity index (χ4v) is 9.47. The standard InChI is InChI=1S/C36H44N4O5/c1-36(22-7-8-22)29-25(31(39(2)3)34(44)30(36)35(37)45)15-20-14-24-23(9-10-26(41)28(24)32(42)27(20)33(29)43)21-13-19(16-38-17-21)18-40-11-5-4-6-12-40/h9-10,13,16-17,20,22,25,29,31,41-42,44H,4-8,11-12,14-15,18H2,1-3H3,(H2,37,45)/t20?,25?,29?,31-,36?/m0/s1. The van der Waals surface area contributed by atoms with Gasteiger partial charge in [0, 0.05) is 41.4 Å². The molecule has 1 amide bonds. The van der Waals surface area contributed by atoms with E-state index in [9.17, 15) is 24.9 Å². The number of phenols is 1. The summed E-state index contributed by atoms with van der Waals surface area (Å²) in [5, 5.41) is 34.6. The molecule has 1 saturated heterocycles. The Morgan fingerprint density at radius 2 is 1.84 bits per heavy atom. The van der Waals surface area contributed by atoms with Crippen molar-refractivity contribution in [1.29, 1.82) is 0 Å². The molecule has 0 bridgehead atoms. The summed E-state index contributed by atoms with van der Waals surface area (Å²) in [7, 11) is 3.69. The maximum absolute atomic E-state index is 14.7. The summed E-state index contributed by atoms with van der Waals surface area (Å²) < 4.78 is 0. The van der Waals surface area contributed by atoms with Crippen LogP contribution in [0, 0.1) is 29.1 Å². The molecule has 2 saturated carbocycles. The van der Waals surface area contributed by atoms with Gasteiger partial charge in [0.2, 0.25) is 5.91 Å². The number of allylic oxidation sites excluding steroid dienone is 1. The van der Waals surface area contributed by atoms with Gasteiger partial charge >= 0.3 is 0 Å². The van der Waals surface area contributed by atoms with Gasteiger partial charge in [-0.2, -0.15) is 0 Å². The number of hydrogen-bond acceptors (Lipinski definition) is 8. The lowest BCUT2D eigenvalue weighted by Crippen LogP contribution is -2.59. The van der Waals surface area contributed by atoms with E-state index in [2.05, 4.69) is 16.0 Å². The number of pyridine rings is 1. The zero-order valence-corrected chi connectivity index (χ0v) is 26.4. The van der Waals surface area contributed by atoms with E-state index in [1.54, 1.807) is 6.07 Å². The van der Waals surface area contributed by atoms with Crippen LogP contribution in [0.1, 0.15) is 62.1 Å². The van der Waals surface area contributed by atoms with E-state index in [-0.39, 0.29) is 46.4 Å². The molecule has 0 spiro atoms. The summed E-state index contributed by atoms with van der Waals surface area (Å²) in [6, 6.07) is 5.05. The number of aliphatic hydroxyl groups is 2. The minimum Gasteiger partial charge on any atom is -0.510 e. The van der Waals surface area contributed by atoms with Gasteiger partial charge < -0.3 is 21.1 Å². The van der Waals surface area contributed by atoms with E-state index < -0.39 is 23.3 Å². The van der Waals surface area contributed by atoms with Crippen LogP contribution in [-0.4, -0.2) is 75.0 Å². The smallest absolute Gasteiger partial charge is 0.248 e. The second-order valence-electron chi connectivity index (χ2n) is 14.4. The van der Waals surface area contributed by atoms with Gasteiger partial charge in [-0.15, -0.1) is 0 Å². The van der Waals surface area contributed by atoms with Gasteiger partial charge in [-0.3, -0.25) is 24.4 Å². The van der Waals surface area contributed by atoms with E-state index >= 15 is 0 Å². The molecular weight excluding hydrogens is 568 g/mol. The number of Topliss-reactive ketones (excluding diaryl/α,β-unsaturated/α-hetero) is 1. The Kier molecular flexibility index (Phi) is 7.32. The van der Waals surface area contributed by atoms with Gasteiger partial charge in [0.15, 0.2) is 5.78 Å². The number of aromatic nitrogens is 1. The molecule has 9 nitrogen and oxygen atoms in total. The number of piperidine rings is 1. The van der Waals surface area contributed by atoms with Crippen molar-refractivity contribution in [1.82, 2.24) is 14.8 Å². The molecule has 7 rings (SSSR count). The van der Waals surface area contributed by atoms with E-state index in [0.717, 1.165) is 54.7 Å². The number of nitrogens with two attached hydrogens (primary N) is 1. The van der Waals surface area contributed by atoms with Crippen LogP contribution < -0.4 is 5.73 Å². The maximum Gasteiger partial charge on any atom is 0.248 e. The molecule has 45 heavy (non-hydrogen) atoms. The van der Waals surface area contributed by atoms with Crippen molar-refractivity contribution in [2.24, 2.45) is 34.8 Å². The minimum atomic E-state index is -0.937. The van der Waals surface area contributed by atoms with E-state index in [1.807, 2.05) is 44.4 Å². The summed E-state index contributed by atoms with van der Waals surface area (Å²) >= 11 is 0. The van der Waals surface area contributed by atoms with Gasteiger partial charge in [-0.05, 0) is 112 Å². The summed E-state index contributed by atoms with van der Waals surface area (Å²) in [5.74, 6) is -2.37. The van der Waals surface area contributed by atoms with Crippen LogP contribution in [0.25, 0.3) is 16.9 Å². The third kappa shape index (κ3) is 4.69. The van der Waals surface area contributed by atoms with Gasteiger partial charge in [-0.1, -0.05) is 19.4 Å². The topological polar surface area (TPSA) is 140 Å². The first-order valence-electron chi connectivity index (χ1n) is 16.4. The Labute approximate surface area is 264 Å². The van der Waals surface area contributed by atoms with Crippen LogP contribution in [0.2, 0.25) is 0 Å². The highest BCUT2D eigenvalue weighted by Gasteiger charge is 2.64. The number of fused-ring (bicyclic) bond motifs is 3. The van der Waals surface area contributed by atoms with Gasteiger partial charge in [0.1, 0.15) is 17.3 Å². The highest BCUT2D eigenvalue weighted by molar-refractivity contribution is 6.08. The highest BCUT2D eigenvalue weighted by atomic mass is 16.3. The molecule has 1 aromatic carbocycles. The second-order valence-corrected chi connectivity index (χ2v) is 14.4. The minimum absolute atomic E-state index is 0.0289. The molecule has 4 unspecified atom stereocenters. The van der Waals surface area contributed by atoms with Crippen LogP contribution in [0.4, 0.5) is 0 Å². The van der Waals surface area contributed by atoms with Gasteiger partial charge in [0.25, 0.3) is 0 Å². The number of primary amides is 1. The largest absolute Gasteiger partial charge is 0.510 e. The van der Waals surface area contributed by atoms with E-state index in [1.165, 1.54) is 19.3 Å². The number of aromatic hydroxyl groups is 1. The molecule has 5 aliphatic rings. The summed E-state index contributed by atoms with van der Waals surface area (Å²) in [6.45, 7) is 4.89. The molecule has 4 aliphatic carbocycles. The van der Waals surface area contributed by atoms with Crippen molar-refractivity contribution in [3.63, 3.8) is 0 Å². The Bertz CT molecular complexity index is 1640. The first-order chi connectivity index (χ1) is 21.5. The van der Waals surface area contributed by atoms with Crippen LogP contribution >= 0.6 is 0 Å². The molecule has 5 N–H and O–H groups in total. The molecule has 238 valence electrons. The fraction of sp³-hybridized carbons (Fsp3) is 0.528. The number of carbonyl (C=O) groups is 2. The Hall–Kier alpha value is -3.69. The molecular formula is C36H44N4O5. The predicted octanol–water partition coefficient (Wildman–Crippen LogP) is 4.74. The number of likely N-dealkylation sites (tertiary alicyclic amines) is 1. The average Bonchev–Trinajstić information content (AvgIpc) is 3.84. The lowest BCUT2D eigenvalue weighted by molar-refractivity contribution is -0.133. The van der Waals surface area contributed by atoms with Gasteiger partial charge in [0.05, 0.1) is 17.2 Å². The zero-order valence-electron chi connectivity index (χ0n) is 26.4. The lowest BCUT2D eigenvalue weighted by atomic mass is 9.50. The maximum atomic E-state index is 14.7. The van der Waals surface area contributed by atoms with Crippen molar-refractivity contribution in [2.75, 3.05) is 27.2 Å². The lowest BCUT2D eigenvalue weighted by Gasteiger charge is -2.54. The molecule has 1 aliphatic heterocycles. The van der Waals surface area contributed by atoms with E-state index in [0.29, 0.717) is 24.0 Å². The molecule has 3 fully saturated rings. The SMILES string of the molecule is CN(C)[C@@H]1C(O)=C(C(N)=O)C(C)(C2CC2)C2C(=O)C3=C(O)c4c(O)ccc(-c5cncc(CN6CCCCC6)c5)c4CC3CC21. The van der Waals surface area contributed by atoms with E-state index in [4.69, 9.17) is 5.73 Å². The number of carbonyl (C=O) groups excluding carboxylic acids is 2. The number of phenolic OH excluding ortho intramolecular Hbond substituents is 1. The summed E-state index contributed by atoms with van der Waals surface area (Å²) in [5.41, 5.74) is 9.45. The number of likely N-dealkylation sites (N-methyl/N-ethyl adjacent to an activating group) is 1. The quantitative estimate of drug-likeness (QED) is 0.367. The first-order valence-corrected chi connectivity index (χ1v) is 16.4. The number of ketones is 1. The molecule has 0 radical (unpaired) electrons. The summed E-state index contributed by atoms with van der Waals surface area (Å²) in [4.78, 5) is 36.5. The first kappa shape index (κ1) is 30.0. The van der Waals surface area contributed by atoms with Crippen molar-refractivity contribution in [2.45, 2.75) is 64.5 Å². The normalized spacial score (nSPS) is 30.3.